The van der Waals surface area contributed by atoms with Gasteiger partial charge >= 0.3 is 0 Å². The molecule has 0 aliphatic carbocycles. The molecule has 0 spiro atoms. The summed E-state index contributed by atoms with van der Waals surface area (Å²) < 4.78 is 0. The van der Waals surface area contributed by atoms with Crippen LogP contribution in [-0.4, -0.2) is 13.0 Å². The van der Waals surface area contributed by atoms with Gasteiger partial charge < -0.3 is 0 Å². The fourth-order valence-electron chi connectivity index (χ4n) is 2.45. The van der Waals surface area contributed by atoms with Gasteiger partial charge in [-0.15, -0.1) is 0 Å². The first-order chi connectivity index (χ1) is 9.41. The van der Waals surface area contributed by atoms with Crippen molar-refractivity contribution >= 4 is 6.41 Å². The van der Waals surface area contributed by atoms with Gasteiger partial charge in [0.05, 0.1) is 0 Å². The first kappa shape index (κ1) is 18.5. The Kier molecular flexibility index (Phi) is 17.0. The van der Waals surface area contributed by atoms with Crippen LogP contribution in [0.2, 0.25) is 0 Å². The lowest BCUT2D eigenvalue weighted by Gasteiger charge is -2.02. The number of nitrogens with zero attached hydrogens (tertiary/aromatic N) is 1. The number of hydrogen-bond donors (Lipinski definition) is 0. The average Bonchev–Trinajstić information content (AvgIpc) is 2.43. The minimum atomic E-state index is 0.669. The molecule has 0 N–H and O–H groups in total. The van der Waals surface area contributed by atoms with E-state index in [0.29, 0.717) is 6.41 Å². The predicted octanol–water partition coefficient (Wildman–Crippen LogP) is 5.23. The molecule has 0 aromatic carbocycles. The SMILES string of the molecule is CCCCCCCCCCCCCCCC[N]C=O. The maximum Gasteiger partial charge on any atom is 0.228 e. The van der Waals surface area contributed by atoms with Crippen molar-refractivity contribution in [3.8, 4) is 0 Å². The third-order valence-electron chi connectivity index (χ3n) is 3.72. The summed E-state index contributed by atoms with van der Waals surface area (Å²) in [6.07, 6.45) is 19.8. The summed E-state index contributed by atoms with van der Waals surface area (Å²) in [7, 11) is 0. The van der Waals surface area contributed by atoms with E-state index < -0.39 is 0 Å². The molecule has 0 rings (SSSR count). The molecule has 0 unspecified atom stereocenters. The van der Waals surface area contributed by atoms with Crippen molar-refractivity contribution in [3.63, 3.8) is 0 Å². The third-order valence-corrected chi connectivity index (χ3v) is 3.72. The Morgan fingerprint density at radius 2 is 1.00 bits per heavy atom. The Balaban J connectivity index is 2.89. The fourth-order valence-corrected chi connectivity index (χ4v) is 2.45. The number of amides is 1. The molecule has 0 heterocycles. The van der Waals surface area contributed by atoms with E-state index in [2.05, 4.69) is 12.2 Å². The van der Waals surface area contributed by atoms with E-state index in [-0.39, 0.29) is 0 Å². The van der Waals surface area contributed by atoms with Crippen molar-refractivity contribution < 1.29 is 4.79 Å². The second kappa shape index (κ2) is 17.5. The van der Waals surface area contributed by atoms with Crippen molar-refractivity contribution in [2.75, 3.05) is 6.54 Å². The number of unbranched alkanes of at least 4 members (excludes halogenated alkanes) is 13. The Hall–Kier alpha value is -0.530. The van der Waals surface area contributed by atoms with Crippen LogP contribution in [0.25, 0.3) is 0 Å². The summed E-state index contributed by atoms with van der Waals surface area (Å²) in [6.45, 7) is 3.00. The summed E-state index contributed by atoms with van der Waals surface area (Å²) >= 11 is 0. The maximum atomic E-state index is 9.97. The van der Waals surface area contributed by atoms with Crippen molar-refractivity contribution in [2.45, 2.75) is 96.8 Å². The van der Waals surface area contributed by atoms with E-state index in [9.17, 15) is 4.79 Å². The molecule has 113 valence electrons. The molecule has 1 amide bonds. The monoisotopic (exact) mass is 268 g/mol. The zero-order chi connectivity index (χ0) is 14.0. The molecule has 0 fully saturated rings. The second-order valence-corrected chi connectivity index (χ2v) is 5.61. The van der Waals surface area contributed by atoms with E-state index in [4.69, 9.17) is 0 Å². The van der Waals surface area contributed by atoms with Crippen molar-refractivity contribution in [3.05, 3.63) is 0 Å². The first-order valence-corrected chi connectivity index (χ1v) is 8.52. The van der Waals surface area contributed by atoms with Crippen molar-refractivity contribution in [1.82, 2.24) is 5.32 Å². The lowest BCUT2D eigenvalue weighted by atomic mass is 10.0. The van der Waals surface area contributed by atoms with Gasteiger partial charge in [-0.1, -0.05) is 90.4 Å². The number of rotatable bonds is 16. The molecule has 0 bridgehead atoms. The highest BCUT2D eigenvalue weighted by Crippen LogP contribution is 2.12. The van der Waals surface area contributed by atoms with Crippen LogP contribution < -0.4 is 5.32 Å². The van der Waals surface area contributed by atoms with Crippen LogP contribution in [0, 0.1) is 0 Å². The second-order valence-electron chi connectivity index (χ2n) is 5.61. The molecule has 0 saturated carbocycles. The molecule has 0 aromatic rings. The van der Waals surface area contributed by atoms with E-state index in [0.717, 1.165) is 13.0 Å². The highest BCUT2D eigenvalue weighted by atomic mass is 16.1. The Morgan fingerprint density at radius 3 is 1.37 bits per heavy atom. The summed E-state index contributed by atoms with van der Waals surface area (Å²) in [5.74, 6) is 0. The molecule has 0 saturated heterocycles. The van der Waals surface area contributed by atoms with Gasteiger partial charge in [0, 0.05) is 6.54 Å². The molecule has 19 heavy (non-hydrogen) atoms. The largest absolute Gasteiger partial charge is 0.277 e. The summed E-state index contributed by atoms with van der Waals surface area (Å²) in [4.78, 5) is 9.97. The maximum absolute atomic E-state index is 9.97. The molecule has 0 atom stereocenters. The van der Waals surface area contributed by atoms with Gasteiger partial charge in [-0.05, 0) is 6.42 Å². The quantitative estimate of drug-likeness (QED) is 0.278. The zero-order valence-electron chi connectivity index (χ0n) is 13.0. The number of carbonyl (C=O) groups excluding carboxylic acids is 1. The van der Waals surface area contributed by atoms with Crippen LogP contribution in [0.1, 0.15) is 96.8 Å². The van der Waals surface area contributed by atoms with Gasteiger partial charge in [0.25, 0.3) is 0 Å². The summed E-state index contributed by atoms with van der Waals surface area (Å²) in [6, 6.07) is 0. The first-order valence-electron chi connectivity index (χ1n) is 8.52. The van der Waals surface area contributed by atoms with Gasteiger partial charge in [0.1, 0.15) is 0 Å². The molecule has 0 aliphatic heterocycles. The van der Waals surface area contributed by atoms with Gasteiger partial charge in [-0.3, -0.25) is 10.1 Å². The lowest BCUT2D eigenvalue weighted by molar-refractivity contribution is -0.109. The fraction of sp³-hybridized carbons (Fsp3) is 0.941. The van der Waals surface area contributed by atoms with Gasteiger partial charge in [0.15, 0.2) is 0 Å². The summed E-state index contributed by atoms with van der Waals surface area (Å²) in [5, 5.41) is 3.69. The molecule has 0 aliphatic rings. The Bertz CT molecular complexity index is 171. The van der Waals surface area contributed by atoms with Crippen LogP contribution in [-0.2, 0) is 4.79 Å². The third kappa shape index (κ3) is 17.5. The minimum absolute atomic E-state index is 0.669. The van der Waals surface area contributed by atoms with Crippen LogP contribution >= 0.6 is 0 Å². The topological polar surface area (TPSA) is 31.2 Å². The minimum Gasteiger partial charge on any atom is -0.277 e. The van der Waals surface area contributed by atoms with Gasteiger partial charge in [-0.2, -0.15) is 0 Å². The highest BCUT2D eigenvalue weighted by molar-refractivity contribution is 5.45. The standard InChI is InChI=1S/C17H34NO/c1-2-3-4-5-6-7-8-9-10-11-12-13-14-15-16-18-17-19/h17H,2-16H2,1H3. The molecular weight excluding hydrogens is 234 g/mol. The van der Waals surface area contributed by atoms with Crippen molar-refractivity contribution in [1.29, 1.82) is 0 Å². The number of hydrogen-bond acceptors (Lipinski definition) is 1. The molecule has 2 nitrogen and oxygen atoms in total. The van der Waals surface area contributed by atoms with Crippen LogP contribution in [0.15, 0.2) is 0 Å². The van der Waals surface area contributed by atoms with E-state index in [1.165, 1.54) is 83.5 Å². The van der Waals surface area contributed by atoms with Crippen LogP contribution in [0.5, 0.6) is 0 Å². The normalized spacial score (nSPS) is 10.6. The van der Waals surface area contributed by atoms with E-state index >= 15 is 0 Å². The molecule has 1 radical (unpaired) electrons. The highest BCUT2D eigenvalue weighted by Gasteiger charge is 1.94. The van der Waals surface area contributed by atoms with Crippen LogP contribution in [0.3, 0.4) is 0 Å². The smallest absolute Gasteiger partial charge is 0.228 e. The van der Waals surface area contributed by atoms with Crippen molar-refractivity contribution in [2.24, 2.45) is 0 Å². The molecular formula is C17H34NO. The lowest BCUT2D eigenvalue weighted by Crippen LogP contribution is -2.02. The van der Waals surface area contributed by atoms with Crippen LogP contribution in [0.4, 0.5) is 0 Å². The van der Waals surface area contributed by atoms with E-state index in [1.807, 2.05) is 0 Å². The van der Waals surface area contributed by atoms with E-state index in [1.54, 1.807) is 0 Å². The van der Waals surface area contributed by atoms with Gasteiger partial charge in [-0.25, -0.2) is 0 Å². The molecule has 2 heteroatoms. The Morgan fingerprint density at radius 1 is 0.632 bits per heavy atom. The average molecular weight is 268 g/mol. The van der Waals surface area contributed by atoms with Gasteiger partial charge in [0.2, 0.25) is 6.41 Å². The Labute approximate surface area is 120 Å². The molecule has 0 aromatic heterocycles. The zero-order valence-corrected chi connectivity index (χ0v) is 13.0. The summed E-state index contributed by atoms with van der Waals surface area (Å²) in [5.41, 5.74) is 0. The number of carbonyl (C=O) groups is 1. The predicted molar refractivity (Wildman–Crippen MR) is 83.4 cm³/mol.